The zero-order valence-corrected chi connectivity index (χ0v) is 12.7. The van der Waals surface area contributed by atoms with Gasteiger partial charge in [-0.1, -0.05) is 0 Å². The summed E-state index contributed by atoms with van der Waals surface area (Å²) in [4.78, 5) is 12.0. The van der Waals surface area contributed by atoms with Gasteiger partial charge in [-0.05, 0) is 42.8 Å². The average Bonchev–Trinajstić information content (AvgIpc) is 2.85. The van der Waals surface area contributed by atoms with Crippen molar-refractivity contribution >= 4 is 35.3 Å². The van der Waals surface area contributed by atoms with Gasteiger partial charge in [-0.25, -0.2) is 4.79 Å². The fourth-order valence-electron chi connectivity index (χ4n) is 1.74. The van der Waals surface area contributed by atoms with Crippen molar-refractivity contribution in [3.05, 3.63) is 22.7 Å². The van der Waals surface area contributed by atoms with E-state index in [-0.39, 0.29) is 5.97 Å². The maximum Gasteiger partial charge on any atom is 0.355 e. The van der Waals surface area contributed by atoms with Crippen molar-refractivity contribution < 1.29 is 14.3 Å². The lowest BCUT2D eigenvalue weighted by atomic mass is 10.2. The van der Waals surface area contributed by atoms with Crippen molar-refractivity contribution in [1.29, 1.82) is 0 Å². The van der Waals surface area contributed by atoms with Crippen molar-refractivity contribution in [3.63, 3.8) is 0 Å². The molecular formula is C13H17NO3S2. The normalized spacial score (nSPS) is 14.0. The van der Waals surface area contributed by atoms with Crippen LogP contribution in [0.5, 0.6) is 0 Å². The molecule has 1 aliphatic heterocycles. The molecule has 0 aliphatic carbocycles. The maximum absolute atomic E-state index is 12.0. The van der Waals surface area contributed by atoms with Crippen molar-refractivity contribution in [2.45, 2.75) is 17.6 Å². The Labute approximate surface area is 121 Å². The minimum absolute atomic E-state index is 0.260. The fraction of sp³-hybridized carbons (Fsp3) is 0.462. The lowest BCUT2D eigenvalue weighted by Crippen LogP contribution is -2.26. The number of ether oxygens (including phenoxy) is 2. The van der Waals surface area contributed by atoms with Gasteiger partial charge in [0, 0.05) is 25.8 Å². The van der Waals surface area contributed by atoms with Gasteiger partial charge in [-0.15, -0.1) is 11.3 Å². The van der Waals surface area contributed by atoms with Gasteiger partial charge >= 0.3 is 5.97 Å². The number of carbonyl (C=O) groups is 1. The summed E-state index contributed by atoms with van der Waals surface area (Å²) in [5.74, 6) is -0.260. The van der Waals surface area contributed by atoms with E-state index in [1.165, 1.54) is 4.21 Å². The Hall–Kier alpha value is -0.980. The molecule has 2 rings (SSSR count). The van der Waals surface area contributed by atoms with Gasteiger partial charge in [0.1, 0.15) is 5.70 Å². The van der Waals surface area contributed by atoms with Crippen LogP contribution in [0, 0.1) is 0 Å². The molecule has 0 spiro atoms. The van der Waals surface area contributed by atoms with E-state index >= 15 is 0 Å². The van der Waals surface area contributed by atoms with Crippen LogP contribution in [0.3, 0.4) is 0 Å². The highest BCUT2D eigenvalue weighted by molar-refractivity contribution is 7.99. The van der Waals surface area contributed by atoms with Crippen LogP contribution in [0.15, 0.2) is 21.4 Å². The number of carbonyl (C=O) groups excluding carboxylic acids is 1. The van der Waals surface area contributed by atoms with E-state index in [2.05, 4.69) is 0 Å². The summed E-state index contributed by atoms with van der Waals surface area (Å²) in [6.07, 6.45) is 2.79. The third-order valence-electron chi connectivity index (χ3n) is 2.61. The number of thiophene rings is 1. The van der Waals surface area contributed by atoms with E-state index < -0.39 is 0 Å². The van der Waals surface area contributed by atoms with Crippen LogP contribution in [0.4, 0.5) is 0 Å². The second-order valence-corrected chi connectivity index (χ2v) is 6.16. The Balaban J connectivity index is 2.14. The van der Waals surface area contributed by atoms with Crippen molar-refractivity contribution in [1.82, 2.24) is 4.31 Å². The molecule has 104 valence electrons. The van der Waals surface area contributed by atoms with Gasteiger partial charge < -0.3 is 13.8 Å². The molecule has 4 nitrogen and oxygen atoms in total. The highest BCUT2D eigenvalue weighted by Crippen LogP contribution is 2.40. The Morgan fingerprint density at radius 2 is 2.32 bits per heavy atom. The first-order valence-corrected chi connectivity index (χ1v) is 7.82. The number of hydrogen-bond acceptors (Lipinski definition) is 6. The average molecular weight is 299 g/mol. The van der Waals surface area contributed by atoms with Crippen LogP contribution in [0.2, 0.25) is 0 Å². The molecule has 1 aromatic heterocycles. The summed E-state index contributed by atoms with van der Waals surface area (Å²) >= 11 is 3.29. The largest absolute Gasteiger partial charge is 0.461 e. The summed E-state index contributed by atoms with van der Waals surface area (Å²) in [6, 6.07) is 2.03. The van der Waals surface area contributed by atoms with Crippen LogP contribution >= 0.6 is 23.3 Å². The lowest BCUT2D eigenvalue weighted by molar-refractivity contribution is -0.139. The SMILES string of the molecule is CCOC(=O)C1=Cc2ccsc2SN1CCCOC. The standard InChI is InChI=1S/C13H17NO3S2/c1-3-17-12(15)11-9-10-5-8-18-13(10)19-14(11)6-4-7-16-2/h5,8-9H,3-4,6-7H2,1-2H3. The first kappa shape index (κ1) is 14.4. The molecule has 1 aliphatic rings. The molecule has 0 aromatic carbocycles. The third-order valence-corrected chi connectivity index (χ3v) is 4.84. The second kappa shape index (κ2) is 6.98. The summed E-state index contributed by atoms with van der Waals surface area (Å²) in [6.45, 7) is 3.66. The molecule has 0 N–H and O–H groups in total. The highest BCUT2D eigenvalue weighted by atomic mass is 32.2. The van der Waals surface area contributed by atoms with E-state index in [0.717, 1.165) is 18.5 Å². The molecule has 0 bridgehead atoms. The number of rotatable bonds is 6. The van der Waals surface area contributed by atoms with E-state index in [9.17, 15) is 4.79 Å². The van der Waals surface area contributed by atoms with E-state index in [1.807, 2.05) is 28.8 Å². The Morgan fingerprint density at radius 1 is 1.47 bits per heavy atom. The third kappa shape index (κ3) is 3.52. The van der Waals surface area contributed by atoms with Crippen LogP contribution in [-0.4, -0.2) is 37.1 Å². The molecule has 19 heavy (non-hydrogen) atoms. The first-order valence-electron chi connectivity index (χ1n) is 6.17. The lowest BCUT2D eigenvalue weighted by Gasteiger charge is -2.27. The van der Waals surface area contributed by atoms with Gasteiger partial charge in [0.05, 0.1) is 10.8 Å². The van der Waals surface area contributed by atoms with Gasteiger partial charge in [-0.3, -0.25) is 0 Å². The van der Waals surface area contributed by atoms with Gasteiger partial charge in [0.15, 0.2) is 0 Å². The molecule has 0 fully saturated rings. The smallest absolute Gasteiger partial charge is 0.355 e. The minimum Gasteiger partial charge on any atom is -0.461 e. The topological polar surface area (TPSA) is 38.8 Å². The predicted molar refractivity (Wildman–Crippen MR) is 78.0 cm³/mol. The first-order chi connectivity index (χ1) is 9.26. The maximum atomic E-state index is 12.0. The van der Waals surface area contributed by atoms with E-state index in [0.29, 0.717) is 18.9 Å². The molecule has 0 amide bonds. The highest BCUT2D eigenvalue weighted by Gasteiger charge is 2.25. The predicted octanol–water partition coefficient (Wildman–Crippen LogP) is 3.01. The molecule has 0 unspecified atom stereocenters. The monoisotopic (exact) mass is 299 g/mol. The number of fused-ring (bicyclic) bond motifs is 1. The molecule has 1 aromatic rings. The van der Waals surface area contributed by atoms with Crippen LogP contribution in [0.1, 0.15) is 18.9 Å². The quantitative estimate of drug-likeness (QED) is 0.459. The minimum atomic E-state index is -0.260. The van der Waals surface area contributed by atoms with Gasteiger partial charge in [0.25, 0.3) is 0 Å². The molecule has 2 heterocycles. The zero-order valence-electron chi connectivity index (χ0n) is 11.0. The summed E-state index contributed by atoms with van der Waals surface area (Å²) in [5, 5.41) is 2.04. The summed E-state index contributed by atoms with van der Waals surface area (Å²) < 4.78 is 13.4. The van der Waals surface area contributed by atoms with Gasteiger partial charge in [-0.2, -0.15) is 0 Å². The van der Waals surface area contributed by atoms with Crippen LogP contribution < -0.4 is 0 Å². The number of nitrogens with zero attached hydrogens (tertiary/aromatic N) is 1. The Morgan fingerprint density at radius 3 is 3.05 bits per heavy atom. The van der Waals surface area contributed by atoms with Crippen molar-refractivity contribution in [2.75, 3.05) is 26.9 Å². The molecular weight excluding hydrogens is 282 g/mol. The molecule has 0 radical (unpaired) electrons. The van der Waals surface area contributed by atoms with Crippen LogP contribution in [0.25, 0.3) is 6.08 Å². The molecule has 6 heteroatoms. The fourth-order valence-corrected chi connectivity index (χ4v) is 3.83. The van der Waals surface area contributed by atoms with Crippen molar-refractivity contribution in [3.8, 4) is 0 Å². The van der Waals surface area contributed by atoms with Crippen LogP contribution in [-0.2, 0) is 14.3 Å². The molecule has 0 saturated carbocycles. The van der Waals surface area contributed by atoms with Gasteiger partial charge in [0.2, 0.25) is 0 Å². The zero-order chi connectivity index (χ0) is 13.7. The Bertz CT molecular complexity index is 470. The summed E-state index contributed by atoms with van der Waals surface area (Å²) in [5.41, 5.74) is 1.72. The molecule has 0 atom stereocenters. The van der Waals surface area contributed by atoms with E-state index in [4.69, 9.17) is 9.47 Å². The van der Waals surface area contributed by atoms with Crippen molar-refractivity contribution in [2.24, 2.45) is 0 Å². The number of hydrogen-bond donors (Lipinski definition) is 0. The summed E-state index contributed by atoms with van der Waals surface area (Å²) in [7, 11) is 1.68. The molecule has 0 saturated heterocycles. The second-order valence-electron chi connectivity index (χ2n) is 3.95. The number of esters is 1. The Kier molecular flexibility index (Phi) is 5.30. The number of methoxy groups -OCH3 is 1. The van der Waals surface area contributed by atoms with E-state index in [1.54, 1.807) is 30.4 Å².